The molecule has 0 unspecified atom stereocenters. The molecule has 2 amide bonds. The molecular weight excluding hydrogens is 202 g/mol. The highest BCUT2D eigenvalue weighted by molar-refractivity contribution is 5.90. The zero-order valence-corrected chi connectivity index (χ0v) is 8.36. The molecule has 0 saturated heterocycles. The second-order valence-corrected chi connectivity index (χ2v) is 2.71. The first kappa shape index (κ1) is 11.0. The van der Waals surface area contributed by atoms with Crippen LogP contribution in [0.15, 0.2) is 10.6 Å². The number of hydrogen-bond acceptors (Lipinski definition) is 5. The van der Waals surface area contributed by atoms with Gasteiger partial charge in [-0.15, -0.1) is 0 Å². The van der Waals surface area contributed by atoms with Gasteiger partial charge in [0.2, 0.25) is 0 Å². The summed E-state index contributed by atoms with van der Waals surface area (Å²) in [6, 6.07) is 1.01. The third kappa shape index (κ3) is 3.67. The zero-order valence-electron chi connectivity index (χ0n) is 8.36. The Hall–Kier alpha value is -2.05. The van der Waals surface area contributed by atoms with E-state index in [0.717, 1.165) is 0 Å². The summed E-state index contributed by atoms with van der Waals surface area (Å²) in [5.41, 5.74) is 0. The lowest BCUT2D eigenvalue weighted by Crippen LogP contribution is -2.33. The molecule has 1 aromatic rings. The van der Waals surface area contributed by atoms with Crippen molar-refractivity contribution in [2.24, 2.45) is 0 Å². The molecule has 0 aromatic carbocycles. The van der Waals surface area contributed by atoms with Crippen LogP contribution < -0.4 is 10.6 Å². The molecule has 0 atom stereocenters. The summed E-state index contributed by atoms with van der Waals surface area (Å²) >= 11 is 0. The number of hydrogen-bond donors (Lipinski definition) is 2. The summed E-state index contributed by atoms with van der Waals surface area (Å²) in [6.45, 7) is 1.50. The quantitative estimate of drug-likeness (QED) is 0.703. The monoisotopic (exact) mass is 213 g/mol. The van der Waals surface area contributed by atoms with E-state index in [-0.39, 0.29) is 12.4 Å². The number of aryl methyl sites for hydroxylation is 1. The van der Waals surface area contributed by atoms with Crippen molar-refractivity contribution in [3.05, 3.63) is 11.8 Å². The molecule has 0 radical (unpaired) electrons. The Morgan fingerprint density at radius 3 is 2.87 bits per heavy atom. The molecule has 1 aromatic heterocycles. The lowest BCUT2D eigenvalue weighted by Gasteiger charge is -2.02. The number of carbonyl (C=O) groups excluding carboxylic acids is 2. The summed E-state index contributed by atoms with van der Waals surface area (Å²) in [5, 5.41) is 8.20. The third-order valence-corrected chi connectivity index (χ3v) is 1.49. The van der Waals surface area contributed by atoms with Gasteiger partial charge in [0.1, 0.15) is 12.3 Å². The molecule has 7 nitrogen and oxygen atoms in total. The normalized spacial score (nSPS) is 9.47. The second kappa shape index (κ2) is 4.99. The Morgan fingerprint density at radius 2 is 2.33 bits per heavy atom. The van der Waals surface area contributed by atoms with Gasteiger partial charge in [0.15, 0.2) is 5.82 Å². The van der Waals surface area contributed by atoms with E-state index in [1.165, 1.54) is 7.11 Å². The number of nitrogens with one attached hydrogen (secondary N) is 2. The van der Waals surface area contributed by atoms with Gasteiger partial charge in [-0.25, -0.2) is 4.79 Å². The van der Waals surface area contributed by atoms with E-state index < -0.39 is 12.0 Å². The Balaban J connectivity index is 2.33. The number of rotatable bonds is 3. The maximum atomic E-state index is 11.1. The van der Waals surface area contributed by atoms with Crippen LogP contribution in [0.1, 0.15) is 5.76 Å². The number of ether oxygens (including phenoxy) is 1. The van der Waals surface area contributed by atoms with Crippen molar-refractivity contribution in [1.82, 2.24) is 10.5 Å². The minimum absolute atomic E-state index is 0.195. The van der Waals surface area contributed by atoms with Gasteiger partial charge in [-0.3, -0.25) is 10.1 Å². The van der Waals surface area contributed by atoms with Crippen LogP contribution in [0.4, 0.5) is 10.6 Å². The highest BCUT2D eigenvalue weighted by Crippen LogP contribution is 2.05. The van der Waals surface area contributed by atoms with E-state index in [1.807, 2.05) is 0 Å². The van der Waals surface area contributed by atoms with Gasteiger partial charge in [0.25, 0.3) is 0 Å². The summed E-state index contributed by atoms with van der Waals surface area (Å²) in [5.74, 6) is 0.342. The molecule has 0 fully saturated rings. The topological polar surface area (TPSA) is 93.5 Å². The highest BCUT2D eigenvalue weighted by Gasteiger charge is 2.07. The molecule has 0 aliphatic rings. The van der Waals surface area contributed by atoms with Crippen LogP contribution in [0.5, 0.6) is 0 Å². The van der Waals surface area contributed by atoms with Crippen molar-refractivity contribution >= 4 is 17.8 Å². The molecule has 0 bridgehead atoms. The molecule has 2 N–H and O–H groups in total. The van der Waals surface area contributed by atoms with Crippen LogP contribution in [-0.2, 0) is 9.53 Å². The number of anilines is 1. The standard InChI is InChI=1S/C8H11N3O4/c1-5-3-6(11-15-5)10-8(13)9-4-7(12)14-2/h3H,4H2,1-2H3,(H2,9,10,11,13). The van der Waals surface area contributed by atoms with Gasteiger partial charge in [0, 0.05) is 6.07 Å². The smallest absolute Gasteiger partial charge is 0.325 e. The van der Waals surface area contributed by atoms with Crippen LogP contribution in [0.25, 0.3) is 0 Å². The van der Waals surface area contributed by atoms with Gasteiger partial charge in [0.05, 0.1) is 7.11 Å². The molecule has 0 spiro atoms. The van der Waals surface area contributed by atoms with Crippen molar-refractivity contribution < 1.29 is 18.8 Å². The van der Waals surface area contributed by atoms with E-state index in [9.17, 15) is 9.59 Å². The van der Waals surface area contributed by atoms with E-state index >= 15 is 0 Å². The highest BCUT2D eigenvalue weighted by atomic mass is 16.5. The minimum Gasteiger partial charge on any atom is -0.468 e. The number of esters is 1. The van der Waals surface area contributed by atoms with E-state index in [0.29, 0.717) is 5.76 Å². The van der Waals surface area contributed by atoms with Gasteiger partial charge in [-0.05, 0) is 6.92 Å². The largest absolute Gasteiger partial charge is 0.468 e. The fourth-order valence-electron chi connectivity index (χ4n) is 0.810. The Bertz CT molecular complexity index is 361. The van der Waals surface area contributed by atoms with Crippen LogP contribution >= 0.6 is 0 Å². The molecule has 0 saturated carbocycles. The van der Waals surface area contributed by atoms with Crippen LogP contribution in [0, 0.1) is 6.92 Å². The summed E-state index contributed by atoms with van der Waals surface area (Å²) in [7, 11) is 1.24. The lowest BCUT2D eigenvalue weighted by molar-refractivity contribution is -0.139. The third-order valence-electron chi connectivity index (χ3n) is 1.49. The number of carbonyl (C=O) groups is 2. The first-order chi connectivity index (χ1) is 7.11. The number of methoxy groups -OCH3 is 1. The fourth-order valence-corrected chi connectivity index (χ4v) is 0.810. The molecular formula is C8H11N3O4. The average Bonchev–Trinajstić information content (AvgIpc) is 2.60. The van der Waals surface area contributed by atoms with Gasteiger partial charge >= 0.3 is 12.0 Å². The average molecular weight is 213 g/mol. The molecule has 0 aliphatic heterocycles. The van der Waals surface area contributed by atoms with Crippen LogP contribution in [0.3, 0.4) is 0 Å². The predicted molar refractivity (Wildman–Crippen MR) is 50.3 cm³/mol. The summed E-state index contributed by atoms with van der Waals surface area (Å²) in [6.07, 6.45) is 0. The molecule has 0 aliphatic carbocycles. The first-order valence-corrected chi connectivity index (χ1v) is 4.17. The number of nitrogens with zero attached hydrogens (tertiary/aromatic N) is 1. The number of aromatic nitrogens is 1. The number of urea groups is 1. The SMILES string of the molecule is COC(=O)CNC(=O)Nc1cc(C)on1. The molecule has 15 heavy (non-hydrogen) atoms. The maximum Gasteiger partial charge on any atom is 0.325 e. The van der Waals surface area contributed by atoms with Gasteiger partial charge < -0.3 is 14.6 Å². The van der Waals surface area contributed by atoms with Gasteiger partial charge in [-0.2, -0.15) is 0 Å². The molecule has 1 heterocycles. The predicted octanol–water partition coefficient (Wildman–Crippen LogP) is 0.278. The van der Waals surface area contributed by atoms with E-state index in [4.69, 9.17) is 4.52 Å². The van der Waals surface area contributed by atoms with Crippen molar-refractivity contribution in [1.29, 1.82) is 0 Å². The lowest BCUT2D eigenvalue weighted by atomic mass is 10.5. The zero-order chi connectivity index (χ0) is 11.3. The summed E-state index contributed by atoms with van der Waals surface area (Å²) in [4.78, 5) is 21.8. The van der Waals surface area contributed by atoms with Crippen LogP contribution in [0.2, 0.25) is 0 Å². The van der Waals surface area contributed by atoms with Gasteiger partial charge in [-0.1, -0.05) is 5.16 Å². The molecule has 7 heteroatoms. The fraction of sp³-hybridized carbons (Fsp3) is 0.375. The Kier molecular flexibility index (Phi) is 3.67. The number of amides is 2. The van der Waals surface area contributed by atoms with E-state index in [1.54, 1.807) is 13.0 Å². The molecule has 1 rings (SSSR count). The molecule has 82 valence electrons. The van der Waals surface area contributed by atoms with E-state index in [2.05, 4.69) is 20.5 Å². The first-order valence-electron chi connectivity index (χ1n) is 4.17. The van der Waals surface area contributed by atoms with Crippen molar-refractivity contribution in [2.75, 3.05) is 19.0 Å². The van der Waals surface area contributed by atoms with Crippen molar-refractivity contribution in [2.45, 2.75) is 6.92 Å². The second-order valence-electron chi connectivity index (χ2n) is 2.71. The van der Waals surface area contributed by atoms with Crippen molar-refractivity contribution in [3.63, 3.8) is 0 Å². The van der Waals surface area contributed by atoms with Crippen LogP contribution in [-0.4, -0.2) is 30.8 Å². The van der Waals surface area contributed by atoms with Crippen molar-refractivity contribution in [3.8, 4) is 0 Å². The Morgan fingerprint density at radius 1 is 1.60 bits per heavy atom. The maximum absolute atomic E-state index is 11.1. The minimum atomic E-state index is -0.548. The Labute approximate surface area is 85.8 Å². The summed E-state index contributed by atoms with van der Waals surface area (Å²) < 4.78 is 9.07.